The first-order valence-corrected chi connectivity index (χ1v) is 13.8. The summed E-state index contributed by atoms with van der Waals surface area (Å²) < 4.78 is 20.6. The number of aromatic nitrogens is 2. The molecule has 0 saturated carbocycles. The van der Waals surface area contributed by atoms with Gasteiger partial charge in [0.1, 0.15) is 11.1 Å². The number of hydrogen-bond donors (Lipinski definition) is 0. The van der Waals surface area contributed by atoms with E-state index in [4.69, 9.17) is 9.40 Å². The molecule has 0 aliphatic carbocycles. The summed E-state index contributed by atoms with van der Waals surface area (Å²) in [5.74, 6) is 0. The van der Waals surface area contributed by atoms with E-state index in [1.54, 1.807) is 0 Å². The fraction of sp³-hybridized carbons (Fsp3) is 0. The quantitative estimate of drug-likeness (QED) is 0.251. The van der Waals surface area contributed by atoms with Crippen molar-refractivity contribution in [3.05, 3.63) is 127 Å². The van der Waals surface area contributed by atoms with Crippen molar-refractivity contribution in [1.29, 1.82) is 0 Å². The van der Waals surface area contributed by atoms with Crippen LogP contribution in [0.3, 0.4) is 0 Å². The maximum absolute atomic E-state index is 14.6. The van der Waals surface area contributed by atoms with Crippen LogP contribution in [-0.4, -0.2) is 9.97 Å². The molecule has 5 aromatic carbocycles. The fourth-order valence-electron chi connectivity index (χ4n) is 4.91. The number of benzene rings is 5. The highest BCUT2D eigenvalue weighted by atomic mass is 31.2. The Balaban J connectivity index is 1.33. The van der Waals surface area contributed by atoms with Crippen LogP contribution >= 0.6 is 7.14 Å². The molecule has 2 aromatic heterocycles. The van der Waals surface area contributed by atoms with Gasteiger partial charge in [0.2, 0.25) is 5.71 Å². The smallest absolute Gasteiger partial charge is 0.246 e. The third-order valence-electron chi connectivity index (χ3n) is 6.78. The molecule has 0 bridgehead atoms. The Morgan fingerprint density at radius 2 is 1.08 bits per heavy atom. The summed E-state index contributed by atoms with van der Waals surface area (Å²) in [4.78, 5) is 9.47. The van der Waals surface area contributed by atoms with E-state index in [0.29, 0.717) is 5.71 Å². The number of para-hydroxylation sites is 2. The Bertz CT molecular complexity index is 1900. The minimum absolute atomic E-state index is 0.535. The third-order valence-corrected chi connectivity index (χ3v) is 9.86. The van der Waals surface area contributed by atoms with Crippen LogP contribution in [0.25, 0.3) is 44.4 Å². The average molecular weight is 497 g/mol. The third kappa shape index (κ3) is 3.57. The van der Waals surface area contributed by atoms with Gasteiger partial charge >= 0.3 is 0 Å². The Hall–Kier alpha value is -4.53. The van der Waals surface area contributed by atoms with Crippen LogP contribution in [0.1, 0.15) is 0 Å². The molecule has 0 atom stereocenters. The SMILES string of the molecule is O=P(c1ccccc1)(c1ccccc1)c1ccc(-c2ccc3oc4nc5ccccc5nc4c3c2)cc1. The molecule has 7 rings (SSSR count). The van der Waals surface area contributed by atoms with Crippen molar-refractivity contribution < 1.29 is 8.98 Å². The van der Waals surface area contributed by atoms with E-state index in [2.05, 4.69) is 11.1 Å². The molecule has 2 heterocycles. The summed E-state index contributed by atoms with van der Waals surface area (Å²) >= 11 is 0. The van der Waals surface area contributed by atoms with Gasteiger partial charge in [0.05, 0.1) is 11.0 Å². The zero-order valence-electron chi connectivity index (χ0n) is 19.8. The molecule has 0 spiro atoms. The first kappa shape index (κ1) is 21.7. The molecule has 0 radical (unpaired) electrons. The summed E-state index contributed by atoms with van der Waals surface area (Å²) in [5.41, 5.74) is 5.75. The van der Waals surface area contributed by atoms with Crippen molar-refractivity contribution in [3.8, 4) is 11.1 Å². The second kappa shape index (κ2) is 8.55. The van der Waals surface area contributed by atoms with Gasteiger partial charge in [0, 0.05) is 21.3 Å². The molecular formula is C32H21N2O2P. The second-order valence-corrected chi connectivity index (χ2v) is 11.8. The van der Waals surface area contributed by atoms with Crippen LogP contribution in [0.2, 0.25) is 0 Å². The molecule has 7 aromatic rings. The van der Waals surface area contributed by atoms with Crippen molar-refractivity contribution in [3.63, 3.8) is 0 Å². The number of nitrogens with zero attached hydrogens (tertiary/aromatic N) is 2. The molecule has 0 fully saturated rings. The highest BCUT2D eigenvalue weighted by Crippen LogP contribution is 2.42. The average Bonchev–Trinajstić information content (AvgIpc) is 3.33. The Morgan fingerprint density at radius 3 is 1.73 bits per heavy atom. The van der Waals surface area contributed by atoms with Gasteiger partial charge in [-0.05, 0) is 35.4 Å². The molecule has 0 unspecified atom stereocenters. The Morgan fingerprint density at radius 1 is 0.541 bits per heavy atom. The largest absolute Gasteiger partial charge is 0.436 e. The van der Waals surface area contributed by atoms with E-state index in [-0.39, 0.29) is 0 Å². The van der Waals surface area contributed by atoms with Gasteiger partial charge in [-0.1, -0.05) is 103 Å². The summed E-state index contributed by atoms with van der Waals surface area (Å²) in [7, 11) is -3.01. The Kier molecular flexibility index (Phi) is 5.02. The minimum Gasteiger partial charge on any atom is -0.436 e. The standard InChI is InChI=1S/C32H21N2O2P/c35-37(24-9-3-1-4-10-24,25-11-5-2-6-12-25)26-18-15-22(16-19-26)23-17-20-30-27(21-23)31-32(36-30)34-29-14-8-7-13-28(29)33-31/h1-21H. The summed E-state index contributed by atoms with van der Waals surface area (Å²) in [6.07, 6.45) is 0. The molecular weight excluding hydrogens is 475 g/mol. The highest BCUT2D eigenvalue weighted by molar-refractivity contribution is 7.85. The first-order valence-electron chi connectivity index (χ1n) is 12.1. The topological polar surface area (TPSA) is 56.0 Å². The van der Waals surface area contributed by atoms with Crippen LogP contribution < -0.4 is 15.9 Å². The van der Waals surface area contributed by atoms with E-state index in [9.17, 15) is 4.57 Å². The lowest BCUT2D eigenvalue weighted by atomic mass is 10.0. The highest BCUT2D eigenvalue weighted by Gasteiger charge is 2.29. The molecule has 5 heteroatoms. The van der Waals surface area contributed by atoms with E-state index in [1.165, 1.54) is 0 Å². The van der Waals surface area contributed by atoms with E-state index in [1.807, 2.05) is 121 Å². The van der Waals surface area contributed by atoms with Crippen molar-refractivity contribution in [2.24, 2.45) is 0 Å². The predicted octanol–water partition coefficient (Wildman–Crippen LogP) is 6.84. The molecule has 0 aliphatic rings. The maximum Gasteiger partial charge on any atom is 0.246 e. The minimum atomic E-state index is -3.01. The molecule has 0 aliphatic heterocycles. The van der Waals surface area contributed by atoms with Crippen LogP contribution in [0.15, 0.2) is 132 Å². The van der Waals surface area contributed by atoms with Gasteiger partial charge in [0.15, 0.2) is 7.14 Å². The van der Waals surface area contributed by atoms with Gasteiger partial charge in [-0.15, -0.1) is 0 Å². The van der Waals surface area contributed by atoms with Crippen molar-refractivity contribution in [2.45, 2.75) is 0 Å². The molecule has 0 N–H and O–H groups in total. The summed E-state index contributed by atoms with van der Waals surface area (Å²) in [5, 5.41) is 3.38. The zero-order chi connectivity index (χ0) is 24.8. The molecule has 176 valence electrons. The van der Waals surface area contributed by atoms with Gasteiger partial charge in [-0.2, -0.15) is 0 Å². The first-order chi connectivity index (χ1) is 18.2. The van der Waals surface area contributed by atoms with Crippen LogP contribution in [0, 0.1) is 0 Å². The van der Waals surface area contributed by atoms with Gasteiger partial charge in [-0.3, -0.25) is 0 Å². The number of rotatable bonds is 4. The van der Waals surface area contributed by atoms with Gasteiger partial charge in [-0.25, -0.2) is 9.97 Å². The normalized spacial score (nSPS) is 11.9. The van der Waals surface area contributed by atoms with Crippen LogP contribution in [0.4, 0.5) is 0 Å². The molecule has 0 amide bonds. The van der Waals surface area contributed by atoms with Gasteiger partial charge < -0.3 is 8.98 Å². The second-order valence-electron chi connectivity index (χ2n) is 9.01. The summed E-state index contributed by atoms with van der Waals surface area (Å²) in [6.45, 7) is 0. The number of furan rings is 1. The molecule has 37 heavy (non-hydrogen) atoms. The molecule has 0 saturated heterocycles. The Labute approximate surface area is 213 Å². The van der Waals surface area contributed by atoms with Crippen LogP contribution in [-0.2, 0) is 4.57 Å². The monoisotopic (exact) mass is 496 g/mol. The maximum atomic E-state index is 14.6. The van der Waals surface area contributed by atoms with Crippen molar-refractivity contribution >= 4 is 56.3 Å². The van der Waals surface area contributed by atoms with E-state index < -0.39 is 7.14 Å². The molecule has 4 nitrogen and oxygen atoms in total. The lowest BCUT2D eigenvalue weighted by Gasteiger charge is -2.20. The lowest BCUT2D eigenvalue weighted by molar-refractivity contribution is 0.592. The van der Waals surface area contributed by atoms with Crippen LogP contribution in [0.5, 0.6) is 0 Å². The van der Waals surface area contributed by atoms with Crippen molar-refractivity contribution in [2.75, 3.05) is 0 Å². The fourth-order valence-corrected chi connectivity index (χ4v) is 7.55. The number of hydrogen-bond acceptors (Lipinski definition) is 4. The van der Waals surface area contributed by atoms with Crippen molar-refractivity contribution in [1.82, 2.24) is 9.97 Å². The summed E-state index contributed by atoms with van der Waals surface area (Å²) in [6, 6.07) is 41.4. The lowest BCUT2D eigenvalue weighted by Crippen LogP contribution is -2.24. The predicted molar refractivity (Wildman–Crippen MR) is 152 cm³/mol. The van der Waals surface area contributed by atoms with E-state index in [0.717, 1.165) is 54.6 Å². The zero-order valence-corrected chi connectivity index (χ0v) is 20.7. The van der Waals surface area contributed by atoms with E-state index >= 15 is 0 Å². The number of fused-ring (bicyclic) bond motifs is 4. The van der Waals surface area contributed by atoms with Gasteiger partial charge in [0.25, 0.3) is 0 Å².